The summed E-state index contributed by atoms with van der Waals surface area (Å²) in [6.45, 7) is 2.03. The van der Waals surface area contributed by atoms with Crippen LogP contribution in [-0.2, 0) is 10.0 Å². The van der Waals surface area contributed by atoms with Gasteiger partial charge in [0.25, 0.3) is 0 Å². The van der Waals surface area contributed by atoms with E-state index in [1.54, 1.807) is 6.92 Å². The maximum absolute atomic E-state index is 11.0. The van der Waals surface area contributed by atoms with Crippen LogP contribution in [0.2, 0.25) is 0 Å². The number of sulfonamides is 1. The summed E-state index contributed by atoms with van der Waals surface area (Å²) in [4.78, 5) is 11.0. The van der Waals surface area contributed by atoms with Crippen LogP contribution in [0.5, 0.6) is 0 Å². The van der Waals surface area contributed by atoms with E-state index in [4.69, 9.17) is 0 Å². The molecule has 0 unspecified atom stereocenters. The Labute approximate surface area is 72.8 Å². The zero-order valence-corrected chi connectivity index (χ0v) is 8.31. The molecule has 0 aromatic rings. The topological polar surface area (TPSA) is 66.5 Å². The number of nitrogens with one attached hydrogen (secondary N) is 1. The maximum Gasteiger partial charge on any atom is 0.330 e. The Balaban J connectivity index is 4.56. The number of rotatable bonds is 3. The monoisotopic (exact) mass is 194 g/mol. The van der Waals surface area contributed by atoms with Crippen LogP contribution in [0.15, 0.2) is 0 Å². The molecule has 12 heavy (non-hydrogen) atoms. The first kappa shape index (κ1) is 11.2. The van der Waals surface area contributed by atoms with E-state index in [0.29, 0.717) is 6.42 Å². The highest BCUT2D eigenvalue weighted by atomic mass is 32.2. The molecule has 0 saturated heterocycles. The molecule has 0 aliphatic carbocycles. The SMILES string of the molecule is CCCN(C(=O)NC)S(C)(=O)=O. The van der Waals surface area contributed by atoms with Gasteiger partial charge in [-0.3, -0.25) is 0 Å². The fraction of sp³-hybridized carbons (Fsp3) is 0.833. The molecule has 0 fully saturated rings. The van der Waals surface area contributed by atoms with E-state index in [-0.39, 0.29) is 6.54 Å². The van der Waals surface area contributed by atoms with E-state index >= 15 is 0 Å². The first-order chi connectivity index (χ1) is 5.43. The van der Waals surface area contributed by atoms with Gasteiger partial charge in [-0.15, -0.1) is 0 Å². The first-order valence-corrected chi connectivity index (χ1v) is 5.47. The second kappa shape index (κ2) is 4.30. The number of carbonyl (C=O) groups excluding carboxylic acids is 1. The normalized spacial score (nSPS) is 10.9. The molecule has 72 valence electrons. The van der Waals surface area contributed by atoms with Gasteiger partial charge in [0, 0.05) is 13.6 Å². The van der Waals surface area contributed by atoms with Gasteiger partial charge < -0.3 is 5.32 Å². The van der Waals surface area contributed by atoms with E-state index in [2.05, 4.69) is 5.32 Å². The van der Waals surface area contributed by atoms with Crippen LogP contribution in [0.3, 0.4) is 0 Å². The molecule has 0 aliphatic heterocycles. The molecule has 0 aromatic heterocycles. The second-order valence-corrected chi connectivity index (χ2v) is 4.30. The van der Waals surface area contributed by atoms with Gasteiger partial charge >= 0.3 is 6.03 Å². The lowest BCUT2D eigenvalue weighted by molar-refractivity contribution is 0.225. The highest BCUT2D eigenvalue weighted by Gasteiger charge is 2.20. The Kier molecular flexibility index (Phi) is 4.02. The Morgan fingerprint density at radius 3 is 2.25 bits per heavy atom. The maximum atomic E-state index is 11.0. The smallest absolute Gasteiger partial charge is 0.330 e. The van der Waals surface area contributed by atoms with Crippen LogP contribution in [0.25, 0.3) is 0 Å². The van der Waals surface area contributed by atoms with E-state index in [9.17, 15) is 13.2 Å². The largest absolute Gasteiger partial charge is 0.340 e. The number of urea groups is 1. The molecular weight excluding hydrogens is 180 g/mol. The zero-order chi connectivity index (χ0) is 9.78. The van der Waals surface area contributed by atoms with Crippen molar-refractivity contribution in [1.29, 1.82) is 0 Å². The van der Waals surface area contributed by atoms with Gasteiger partial charge in [-0.25, -0.2) is 17.5 Å². The fourth-order valence-corrected chi connectivity index (χ4v) is 1.65. The minimum atomic E-state index is -3.42. The van der Waals surface area contributed by atoms with Crippen molar-refractivity contribution in [2.24, 2.45) is 0 Å². The number of amides is 2. The minimum Gasteiger partial charge on any atom is -0.340 e. The van der Waals surface area contributed by atoms with E-state index in [1.165, 1.54) is 7.05 Å². The minimum absolute atomic E-state index is 0.221. The summed E-state index contributed by atoms with van der Waals surface area (Å²) in [5, 5.41) is 2.26. The van der Waals surface area contributed by atoms with E-state index in [1.807, 2.05) is 0 Å². The summed E-state index contributed by atoms with van der Waals surface area (Å²) < 4.78 is 22.8. The summed E-state index contributed by atoms with van der Waals surface area (Å²) >= 11 is 0. The van der Waals surface area contributed by atoms with Crippen molar-refractivity contribution in [1.82, 2.24) is 9.62 Å². The summed E-state index contributed by atoms with van der Waals surface area (Å²) in [6.07, 6.45) is 1.62. The number of nitrogens with zero attached hydrogens (tertiary/aromatic N) is 1. The standard InChI is InChI=1S/C6H14N2O3S/c1-4-5-8(6(9)7-2)12(3,10)11/h4-5H2,1-3H3,(H,7,9). The molecule has 0 rings (SSSR count). The van der Waals surface area contributed by atoms with Crippen molar-refractivity contribution in [3.05, 3.63) is 0 Å². The molecular formula is C6H14N2O3S. The molecule has 0 spiro atoms. The molecule has 0 saturated carbocycles. The van der Waals surface area contributed by atoms with Crippen molar-refractivity contribution in [3.8, 4) is 0 Å². The summed E-state index contributed by atoms with van der Waals surface area (Å²) in [5.41, 5.74) is 0. The van der Waals surface area contributed by atoms with Crippen molar-refractivity contribution in [2.75, 3.05) is 19.8 Å². The summed E-state index contributed by atoms with van der Waals surface area (Å²) in [7, 11) is -2.02. The second-order valence-electron chi connectivity index (χ2n) is 2.39. The molecule has 0 aromatic carbocycles. The summed E-state index contributed by atoms with van der Waals surface area (Å²) in [6, 6.07) is -0.584. The molecule has 0 bridgehead atoms. The number of hydrogen-bond acceptors (Lipinski definition) is 3. The lowest BCUT2D eigenvalue weighted by Gasteiger charge is -2.18. The van der Waals surface area contributed by atoms with Gasteiger partial charge in [-0.1, -0.05) is 6.92 Å². The Morgan fingerprint density at radius 2 is 2.00 bits per heavy atom. The van der Waals surface area contributed by atoms with Crippen molar-refractivity contribution in [2.45, 2.75) is 13.3 Å². The lowest BCUT2D eigenvalue weighted by Crippen LogP contribution is -2.42. The van der Waals surface area contributed by atoms with Crippen LogP contribution in [0.1, 0.15) is 13.3 Å². The third kappa shape index (κ3) is 3.08. The van der Waals surface area contributed by atoms with E-state index in [0.717, 1.165) is 10.6 Å². The molecule has 0 atom stereocenters. The van der Waals surface area contributed by atoms with Gasteiger partial charge in [0.05, 0.1) is 6.26 Å². The molecule has 5 nitrogen and oxygen atoms in total. The van der Waals surface area contributed by atoms with Crippen molar-refractivity contribution >= 4 is 16.1 Å². The average Bonchev–Trinajstić information content (AvgIpc) is 1.96. The molecule has 0 radical (unpaired) electrons. The van der Waals surface area contributed by atoms with Gasteiger partial charge in [0.1, 0.15) is 0 Å². The van der Waals surface area contributed by atoms with Crippen LogP contribution in [0, 0.1) is 0 Å². The number of carbonyl (C=O) groups is 1. The average molecular weight is 194 g/mol. The van der Waals surface area contributed by atoms with Crippen LogP contribution >= 0.6 is 0 Å². The quantitative estimate of drug-likeness (QED) is 0.687. The van der Waals surface area contributed by atoms with Crippen molar-refractivity contribution < 1.29 is 13.2 Å². The third-order valence-electron chi connectivity index (χ3n) is 1.27. The van der Waals surface area contributed by atoms with Crippen LogP contribution < -0.4 is 5.32 Å². The van der Waals surface area contributed by atoms with E-state index < -0.39 is 16.1 Å². The van der Waals surface area contributed by atoms with Crippen LogP contribution in [0.4, 0.5) is 4.79 Å². The molecule has 2 amide bonds. The van der Waals surface area contributed by atoms with Gasteiger partial charge in [-0.2, -0.15) is 0 Å². The zero-order valence-electron chi connectivity index (χ0n) is 7.49. The fourth-order valence-electron chi connectivity index (χ4n) is 0.746. The molecule has 6 heteroatoms. The Morgan fingerprint density at radius 1 is 1.50 bits per heavy atom. The predicted molar refractivity (Wildman–Crippen MR) is 46.3 cm³/mol. The third-order valence-corrected chi connectivity index (χ3v) is 2.42. The molecule has 1 N–H and O–H groups in total. The van der Waals surface area contributed by atoms with Gasteiger partial charge in [0.2, 0.25) is 10.0 Å². The molecule has 0 heterocycles. The highest BCUT2D eigenvalue weighted by molar-refractivity contribution is 7.88. The highest BCUT2D eigenvalue weighted by Crippen LogP contribution is 1.99. The van der Waals surface area contributed by atoms with Crippen molar-refractivity contribution in [3.63, 3.8) is 0 Å². The Hall–Kier alpha value is -0.780. The lowest BCUT2D eigenvalue weighted by atomic mass is 10.5. The molecule has 0 aliphatic rings. The van der Waals surface area contributed by atoms with Gasteiger partial charge in [0.15, 0.2) is 0 Å². The van der Waals surface area contributed by atoms with Crippen LogP contribution in [-0.4, -0.2) is 38.6 Å². The number of hydrogen-bond donors (Lipinski definition) is 1. The predicted octanol–water partition coefficient (Wildman–Crippen LogP) is -0.00260. The summed E-state index contributed by atoms with van der Waals surface area (Å²) in [5.74, 6) is 0. The van der Waals surface area contributed by atoms with Gasteiger partial charge in [-0.05, 0) is 6.42 Å². The first-order valence-electron chi connectivity index (χ1n) is 3.63. The Bertz CT molecular complexity index is 248.